The number of carbonyl (C=O) groups is 2. The molecule has 0 fully saturated rings. The van der Waals surface area contributed by atoms with Crippen molar-refractivity contribution in [1.82, 2.24) is 0 Å². The van der Waals surface area contributed by atoms with Crippen LogP contribution in [0.25, 0.3) is 0 Å². The zero-order chi connectivity index (χ0) is 16.8. The third-order valence-electron chi connectivity index (χ3n) is 3.59. The number of ether oxygens (including phenoxy) is 1. The fourth-order valence-corrected chi connectivity index (χ4v) is 2.29. The van der Waals surface area contributed by atoms with Gasteiger partial charge in [0.1, 0.15) is 0 Å². The minimum absolute atomic E-state index is 0.113. The summed E-state index contributed by atoms with van der Waals surface area (Å²) < 4.78 is 5.02. The Hall–Kier alpha value is -2.62. The minimum atomic E-state index is -0.375. The van der Waals surface area contributed by atoms with Crippen molar-refractivity contribution in [1.29, 1.82) is 0 Å². The molecule has 2 aromatic carbocycles. The van der Waals surface area contributed by atoms with Crippen LogP contribution in [-0.2, 0) is 16.0 Å². The first-order valence-corrected chi connectivity index (χ1v) is 7.63. The molecule has 0 heterocycles. The Balaban J connectivity index is 2.10. The van der Waals surface area contributed by atoms with Crippen molar-refractivity contribution in [3.8, 4) is 0 Å². The first kappa shape index (κ1) is 16.7. The fraction of sp³-hybridized carbons (Fsp3) is 0.263. The number of amides is 1. The smallest absolute Gasteiger partial charge is 0.338 e. The summed E-state index contributed by atoms with van der Waals surface area (Å²) in [5, 5.41) is 2.86. The van der Waals surface area contributed by atoms with Gasteiger partial charge in [-0.3, -0.25) is 4.79 Å². The average molecular weight is 311 g/mol. The molecule has 0 atom stereocenters. The van der Waals surface area contributed by atoms with Crippen LogP contribution in [0.2, 0.25) is 0 Å². The first-order valence-electron chi connectivity index (χ1n) is 7.63. The number of esters is 1. The molecule has 0 saturated carbocycles. The lowest BCUT2D eigenvalue weighted by atomic mass is 10.1. The van der Waals surface area contributed by atoms with E-state index in [1.54, 1.807) is 32.0 Å². The molecule has 1 amide bonds. The van der Waals surface area contributed by atoms with Gasteiger partial charge in [-0.2, -0.15) is 0 Å². The van der Waals surface area contributed by atoms with Crippen LogP contribution in [0, 0.1) is 13.8 Å². The Morgan fingerprint density at radius 3 is 2.39 bits per heavy atom. The van der Waals surface area contributed by atoms with Crippen LogP contribution in [0.1, 0.15) is 34.0 Å². The van der Waals surface area contributed by atoms with Crippen LogP contribution < -0.4 is 5.32 Å². The summed E-state index contributed by atoms with van der Waals surface area (Å²) in [6.45, 7) is 5.89. The van der Waals surface area contributed by atoms with Gasteiger partial charge in [0.25, 0.3) is 0 Å². The SMILES string of the molecule is CCOC(=O)c1cccc(NC(=O)Cc2ccc(C)cc2)c1C. The minimum Gasteiger partial charge on any atom is -0.462 e. The lowest BCUT2D eigenvalue weighted by molar-refractivity contribution is -0.115. The highest BCUT2D eigenvalue weighted by molar-refractivity contribution is 5.97. The molecule has 0 aromatic heterocycles. The molecule has 0 radical (unpaired) electrons. The second-order valence-electron chi connectivity index (χ2n) is 5.41. The Labute approximate surface area is 136 Å². The molecule has 0 spiro atoms. The molecule has 1 N–H and O–H groups in total. The van der Waals surface area contributed by atoms with Crippen molar-refractivity contribution < 1.29 is 14.3 Å². The van der Waals surface area contributed by atoms with Gasteiger partial charge in [0.2, 0.25) is 5.91 Å². The van der Waals surface area contributed by atoms with E-state index in [4.69, 9.17) is 4.74 Å². The van der Waals surface area contributed by atoms with Gasteiger partial charge in [0.15, 0.2) is 0 Å². The number of nitrogens with one attached hydrogen (secondary N) is 1. The molecule has 0 unspecified atom stereocenters. The molecule has 4 heteroatoms. The lowest BCUT2D eigenvalue weighted by Crippen LogP contribution is -2.16. The maximum Gasteiger partial charge on any atom is 0.338 e. The van der Waals surface area contributed by atoms with Crippen LogP contribution in [0.5, 0.6) is 0 Å². The summed E-state index contributed by atoms with van der Waals surface area (Å²) in [6, 6.07) is 13.1. The molecule has 4 nitrogen and oxygen atoms in total. The molecular formula is C19H21NO3. The van der Waals surface area contributed by atoms with E-state index < -0.39 is 0 Å². The van der Waals surface area contributed by atoms with E-state index in [0.717, 1.165) is 11.1 Å². The number of carbonyl (C=O) groups excluding carboxylic acids is 2. The van der Waals surface area contributed by atoms with E-state index in [1.807, 2.05) is 31.2 Å². The van der Waals surface area contributed by atoms with Crippen molar-refractivity contribution in [3.05, 3.63) is 64.7 Å². The number of aryl methyl sites for hydroxylation is 1. The summed E-state index contributed by atoms with van der Waals surface area (Å²) >= 11 is 0. The van der Waals surface area contributed by atoms with Gasteiger partial charge in [-0.05, 0) is 44.0 Å². The largest absolute Gasteiger partial charge is 0.462 e. The number of anilines is 1. The monoisotopic (exact) mass is 311 g/mol. The maximum atomic E-state index is 12.2. The Kier molecular flexibility index (Phi) is 5.52. The van der Waals surface area contributed by atoms with Crippen molar-refractivity contribution in [2.45, 2.75) is 27.2 Å². The molecule has 120 valence electrons. The van der Waals surface area contributed by atoms with Crippen LogP contribution in [0.3, 0.4) is 0 Å². The third kappa shape index (κ3) is 4.42. The van der Waals surface area contributed by atoms with E-state index in [2.05, 4.69) is 5.32 Å². The zero-order valence-corrected chi connectivity index (χ0v) is 13.7. The molecule has 0 bridgehead atoms. The molecule has 23 heavy (non-hydrogen) atoms. The number of rotatable bonds is 5. The summed E-state index contributed by atoms with van der Waals surface area (Å²) in [7, 11) is 0. The van der Waals surface area contributed by atoms with Crippen molar-refractivity contribution in [2.24, 2.45) is 0 Å². The summed E-state index contributed by atoms with van der Waals surface area (Å²) in [4.78, 5) is 24.1. The average Bonchev–Trinajstić information content (AvgIpc) is 2.52. The molecule has 2 aromatic rings. The second-order valence-corrected chi connectivity index (χ2v) is 5.41. The lowest BCUT2D eigenvalue weighted by Gasteiger charge is -2.12. The van der Waals surface area contributed by atoms with E-state index >= 15 is 0 Å². The van der Waals surface area contributed by atoms with Gasteiger partial charge in [-0.15, -0.1) is 0 Å². The van der Waals surface area contributed by atoms with Crippen molar-refractivity contribution in [2.75, 3.05) is 11.9 Å². The highest BCUT2D eigenvalue weighted by Gasteiger charge is 2.14. The molecule has 2 rings (SSSR count). The zero-order valence-electron chi connectivity index (χ0n) is 13.7. The fourth-order valence-electron chi connectivity index (χ4n) is 2.29. The van der Waals surface area contributed by atoms with Crippen molar-refractivity contribution >= 4 is 17.6 Å². The van der Waals surface area contributed by atoms with E-state index in [0.29, 0.717) is 29.8 Å². The molecular weight excluding hydrogens is 290 g/mol. The van der Waals surface area contributed by atoms with Crippen LogP contribution in [0.15, 0.2) is 42.5 Å². The summed E-state index contributed by atoms with van der Waals surface area (Å²) in [5.41, 5.74) is 3.93. The predicted octanol–water partition coefficient (Wildman–Crippen LogP) is 3.66. The molecule has 0 saturated heterocycles. The van der Waals surface area contributed by atoms with Crippen molar-refractivity contribution in [3.63, 3.8) is 0 Å². The standard InChI is InChI=1S/C19H21NO3/c1-4-23-19(22)16-6-5-7-17(14(16)3)20-18(21)12-15-10-8-13(2)9-11-15/h5-11H,4,12H2,1-3H3,(H,20,21). The van der Waals surface area contributed by atoms with Crippen LogP contribution >= 0.6 is 0 Å². The van der Waals surface area contributed by atoms with E-state index in [9.17, 15) is 9.59 Å². The molecule has 0 aliphatic carbocycles. The maximum absolute atomic E-state index is 12.2. The Morgan fingerprint density at radius 1 is 1.04 bits per heavy atom. The highest BCUT2D eigenvalue weighted by Crippen LogP contribution is 2.20. The number of benzene rings is 2. The van der Waals surface area contributed by atoms with Crippen LogP contribution in [0.4, 0.5) is 5.69 Å². The summed E-state index contributed by atoms with van der Waals surface area (Å²) in [5.74, 6) is -0.488. The van der Waals surface area contributed by atoms with Gasteiger partial charge < -0.3 is 10.1 Å². The van der Waals surface area contributed by atoms with E-state index in [1.165, 1.54) is 0 Å². The van der Waals surface area contributed by atoms with Gasteiger partial charge in [0, 0.05) is 5.69 Å². The highest BCUT2D eigenvalue weighted by atomic mass is 16.5. The van der Waals surface area contributed by atoms with Crippen LogP contribution in [-0.4, -0.2) is 18.5 Å². The Bertz CT molecular complexity index is 705. The predicted molar refractivity (Wildman–Crippen MR) is 90.6 cm³/mol. The topological polar surface area (TPSA) is 55.4 Å². The summed E-state index contributed by atoms with van der Waals surface area (Å²) in [6.07, 6.45) is 0.295. The van der Waals surface area contributed by atoms with E-state index in [-0.39, 0.29) is 11.9 Å². The molecule has 0 aliphatic rings. The van der Waals surface area contributed by atoms with Gasteiger partial charge in [0.05, 0.1) is 18.6 Å². The van der Waals surface area contributed by atoms with Gasteiger partial charge in [-0.25, -0.2) is 4.79 Å². The molecule has 0 aliphatic heterocycles. The first-order chi connectivity index (χ1) is 11.0. The second kappa shape index (κ2) is 7.58. The Morgan fingerprint density at radius 2 is 1.74 bits per heavy atom. The number of hydrogen-bond donors (Lipinski definition) is 1. The third-order valence-corrected chi connectivity index (χ3v) is 3.59. The van der Waals surface area contributed by atoms with Gasteiger partial charge in [-0.1, -0.05) is 35.9 Å². The quantitative estimate of drug-likeness (QED) is 0.857. The number of hydrogen-bond acceptors (Lipinski definition) is 3. The van der Waals surface area contributed by atoms with Gasteiger partial charge >= 0.3 is 5.97 Å². The normalized spacial score (nSPS) is 10.2.